The maximum atomic E-state index is 10.8. The molecule has 0 saturated heterocycles. The monoisotopic (exact) mass is 171 g/mol. The van der Waals surface area contributed by atoms with E-state index in [-0.39, 0.29) is 23.5 Å². The van der Waals surface area contributed by atoms with Crippen molar-refractivity contribution in [3.63, 3.8) is 0 Å². The Bertz CT molecular complexity index is 312. The van der Waals surface area contributed by atoms with Gasteiger partial charge in [-0.2, -0.15) is 5.16 Å². The highest BCUT2D eigenvalue weighted by atomic mass is 16.6. The van der Waals surface area contributed by atoms with Crippen LogP contribution < -0.4 is 10.9 Å². The molecule has 3 N–H and O–H groups in total. The number of aliphatic hydroxyl groups is 1. The molecular formula is C6H9N3O3. The third-order valence-electron chi connectivity index (χ3n) is 1.94. The van der Waals surface area contributed by atoms with Crippen LogP contribution in [0.3, 0.4) is 0 Å². The van der Waals surface area contributed by atoms with Crippen molar-refractivity contribution >= 4 is 5.82 Å². The summed E-state index contributed by atoms with van der Waals surface area (Å²) >= 11 is 0. The largest absolute Gasteiger partial charge is 0.393 e. The summed E-state index contributed by atoms with van der Waals surface area (Å²) in [7, 11) is 0. The van der Waals surface area contributed by atoms with E-state index in [1.807, 2.05) is 0 Å². The van der Waals surface area contributed by atoms with Crippen LogP contribution in [-0.2, 0) is 0 Å². The van der Waals surface area contributed by atoms with Crippen LogP contribution in [0.25, 0.3) is 0 Å². The maximum absolute atomic E-state index is 10.8. The molecule has 2 rings (SSSR count). The molecule has 1 saturated carbocycles. The van der Waals surface area contributed by atoms with Gasteiger partial charge in [0.05, 0.1) is 6.10 Å². The fourth-order valence-corrected chi connectivity index (χ4v) is 1.19. The number of anilines is 1. The van der Waals surface area contributed by atoms with Gasteiger partial charge < -0.3 is 10.4 Å². The molecule has 0 spiro atoms. The second kappa shape index (κ2) is 2.63. The lowest BCUT2D eigenvalue weighted by Crippen LogP contribution is -2.40. The van der Waals surface area contributed by atoms with E-state index in [2.05, 4.69) is 20.3 Å². The van der Waals surface area contributed by atoms with E-state index in [0.717, 1.165) is 0 Å². The lowest BCUT2D eigenvalue weighted by Gasteiger charge is -2.31. The number of nitrogens with one attached hydrogen (secondary N) is 2. The molecule has 0 aliphatic heterocycles. The van der Waals surface area contributed by atoms with Crippen molar-refractivity contribution in [1.29, 1.82) is 0 Å². The van der Waals surface area contributed by atoms with Gasteiger partial charge in [-0.05, 0) is 18.0 Å². The van der Waals surface area contributed by atoms with E-state index in [1.54, 1.807) is 0 Å². The predicted octanol–water partition coefficient (Wildman–Crippen LogP) is -0.702. The van der Waals surface area contributed by atoms with Gasteiger partial charge in [0.25, 0.3) is 0 Å². The molecule has 1 fully saturated rings. The van der Waals surface area contributed by atoms with Crippen molar-refractivity contribution in [3.8, 4) is 0 Å². The van der Waals surface area contributed by atoms with E-state index < -0.39 is 0 Å². The van der Waals surface area contributed by atoms with Crippen molar-refractivity contribution < 1.29 is 9.74 Å². The molecule has 0 radical (unpaired) electrons. The summed E-state index contributed by atoms with van der Waals surface area (Å²) < 4.78 is 4.33. The highest BCUT2D eigenvalue weighted by Crippen LogP contribution is 2.21. The number of hydrogen-bond acceptors (Lipinski definition) is 5. The van der Waals surface area contributed by atoms with Gasteiger partial charge in [0.1, 0.15) is 0 Å². The standard InChI is InChI=1S/C6H9N3O3/c10-4-1-3(2-4)7-5-6(11)9-12-8-5/h3-4,10H,1-2H2,(H,7,8)(H,9,11). The van der Waals surface area contributed by atoms with Crippen LogP contribution in [0, 0.1) is 0 Å². The van der Waals surface area contributed by atoms with E-state index in [4.69, 9.17) is 5.11 Å². The molecule has 0 amide bonds. The molecule has 12 heavy (non-hydrogen) atoms. The first-order valence-corrected chi connectivity index (χ1v) is 3.74. The van der Waals surface area contributed by atoms with Crippen molar-refractivity contribution in [1.82, 2.24) is 10.3 Å². The van der Waals surface area contributed by atoms with Gasteiger partial charge in [-0.3, -0.25) is 9.42 Å². The van der Waals surface area contributed by atoms with E-state index in [1.165, 1.54) is 0 Å². The summed E-state index contributed by atoms with van der Waals surface area (Å²) in [4.78, 5) is 10.8. The maximum Gasteiger partial charge on any atom is 0.324 e. The third-order valence-corrected chi connectivity index (χ3v) is 1.94. The van der Waals surface area contributed by atoms with Gasteiger partial charge in [-0.15, -0.1) is 0 Å². The van der Waals surface area contributed by atoms with Crippen LogP contribution in [0.4, 0.5) is 5.82 Å². The van der Waals surface area contributed by atoms with Gasteiger partial charge in [-0.1, -0.05) is 0 Å². The van der Waals surface area contributed by atoms with Crippen molar-refractivity contribution in [2.45, 2.75) is 25.0 Å². The highest BCUT2D eigenvalue weighted by Gasteiger charge is 2.28. The second-order valence-electron chi connectivity index (χ2n) is 2.93. The first-order valence-electron chi connectivity index (χ1n) is 3.74. The summed E-state index contributed by atoms with van der Waals surface area (Å²) in [5.74, 6) is 0.187. The number of aromatic nitrogens is 2. The average Bonchev–Trinajstić information content (AvgIpc) is 2.33. The Hall–Kier alpha value is -1.30. The summed E-state index contributed by atoms with van der Waals surface area (Å²) in [5.41, 5.74) is -0.364. The fraction of sp³-hybridized carbons (Fsp3) is 0.667. The molecule has 1 aromatic heterocycles. The van der Waals surface area contributed by atoms with Crippen molar-refractivity contribution in [3.05, 3.63) is 10.4 Å². The molecule has 0 atom stereocenters. The van der Waals surface area contributed by atoms with E-state index in [9.17, 15) is 4.79 Å². The topological polar surface area (TPSA) is 91.2 Å². The van der Waals surface area contributed by atoms with Crippen LogP contribution in [-0.4, -0.2) is 27.6 Å². The zero-order chi connectivity index (χ0) is 8.55. The number of H-pyrrole nitrogens is 1. The van der Waals surface area contributed by atoms with Crippen molar-refractivity contribution in [2.75, 3.05) is 5.32 Å². The Morgan fingerprint density at radius 2 is 2.42 bits per heavy atom. The Morgan fingerprint density at radius 1 is 1.67 bits per heavy atom. The minimum absolute atomic E-state index is 0.145. The number of aliphatic hydroxyl groups excluding tert-OH is 1. The summed E-state index contributed by atoms with van der Waals surface area (Å²) in [6, 6.07) is 0.145. The molecule has 1 aliphatic carbocycles. The molecule has 0 bridgehead atoms. The lowest BCUT2D eigenvalue weighted by atomic mass is 9.90. The molecule has 0 aromatic carbocycles. The molecule has 1 heterocycles. The molecule has 0 unspecified atom stereocenters. The number of aromatic amines is 1. The zero-order valence-electron chi connectivity index (χ0n) is 6.28. The normalized spacial score (nSPS) is 28.1. The van der Waals surface area contributed by atoms with Crippen molar-refractivity contribution in [2.24, 2.45) is 0 Å². The van der Waals surface area contributed by atoms with Gasteiger partial charge in [0.15, 0.2) is 0 Å². The molecular weight excluding hydrogens is 162 g/mol. The van der Waals surface area contributed by atoms with Crippen LogP contribution in [0.15, 0.2) is 9.42 Å². The molecule has 6 nitrogen and oxygen atoms in total. The van der Waals surface area contributed by atoms with E-state index in [0.29, 0.717) is 12.8 Å². The summed E-state index contributed by atoms with van der Waals surface area (Å²) in [6.45, 7) is 0. The number of nitrogens with zero attached hydrogens (tertiary/aromatic N) is 1. The molecule has 66 valence electrons. The van der Waals surface area contributed by atoms with Crippen LogP contribution >= 0.6 is 0 Å². The summed E-state index contributed by atoms with van der Waals surface area (Å²) in [6.07, 6.45) is 1.08. The van der Waals surface area contributed by atoms with Gasteiger partial charge in [0.2, 0.25) is 5.82 Å². The minimum Gasteiger partial charge on any atom is -0.393 e. The third kappa shape index (κ3) is 1.20. The first-order chi connectivity index (χ1) is 5.75. The SMILES string of the molecule is O=c1[nH]onc1NC1CC(O)C1. The molecule has 1 aromatic rings. The highest BCUT2D eigenvalue weighted by molar-refractivity contribution is 5.31. The quantitative estimate of drug-likeness (QED) is 0.547. The van der Waals surface area contributed by atoms with Gasteiger partial charge in [-0.25, -0.2) is 0 Å². The number of rotatable bonds is 2. The Balaban J connectivity index is 1.96. The smallest absolute Gasteiger partial charge is 0.324 e. The van der Waals surface area contributed by atoms with Crippen LogP contribution in [0.5, 0.6) is 0 Å². The fourth-order valence-electron chi connectivity index (χ4n) is 1.19. The Morgan fingerprint density at radius 3 is 2.92 bits per heavy atom. The van der Waals surface area contributed by atoms with Gasteiger partial charge in [0, 0.05) is 6.04 Å². The second-order valence-corrected chi connectivity index (χ2v) is 2.93. The lowest BCUT2D eigenvalue weighted by molar-refractivity contribution is 0.0834. The van der Waals surface area contributed by atoms with E-state index >= 15 is 0 Å². The Labute approximate surface area is 67.5 Å². The van der Waals surface area contributed by atoms with Crippen LogP contribution in [0.1, 0.15) is 12.8 Å². The Kier molecular flexibility index (Phi) is 1.61. The minimum atomic E-state index is -0.364. The van der Waals surface area contributed by atoms with Crippen LogP contribution in [0.2, 0.25) is 0 Å². The number of hydrogen-bond donors (Lipinski definition) is 3. The molecule has 1 aliphatic rings. The predicted molar refractivity (Wildman–Crippen MR) is 39.8 cm³/mol. The zero-order valence-corrected chi connectivity index (χ0v) is 6.28. The van der Waals surface area contributed by atoms with Gasteiger partial charge >= 0.3 is 5.56 Å². The summed E-state index contributed by atoms with van der Waals surface area (Å²) in [5, 5.41) is 17.3. The molecule has 6 heteroatoms. The average molecular weight is 171 g/mol. The first kappa shape index (κ1) is 7.35.